The Morgan fingerprint density at radius 2 is 2.23 bits per heavy atom. The van der Waals surface area contributed by atoms with Crippen LogP contribution in [0.1, 0.15) is 26.7 Å². The van der Waals surface area contributed by atoms with Crippen LogP contribution in [0.15, 0.2) is 0 Å². The molecule has 0 aromatic carbocycles. The lowest BCUT2D eigenvalue weighted by molar-refractivity contribution is -0.148. The van der Waals surface area contributed by atoms with E-state index in [0.29, 0.717) is 19.4 Å². The van der Waals surface area contributed by atoms with Crippen molar-refractivity contribution in [2.24, 2.45) is 5.92 Å². The van der Waals surface area contributed by atoms with E-state index in [1.54, 1.807) is 4.90 Å². The number of carboxylic acid groups (broad SMARTS) is 1. The summed E-state index contributed by atoms with van der Waals surface area (Å²) >= 11 is 0. The van der Waals surface area contributed by atoms with Gasteiger partial charge in [-0.15, -0.1) is 0 Å². The van der Waals surface area contributed by atoms with Crippen LogP contribution in [0.5, 0.6) is 0 Å². The molecular weight excluding hydrogens is 170 g/mol. The molecule has 0 spiro atoms. The standard InChI is InChI=1S/C9H15NO3/c1-6(2)10-5-7(9(12)13)3-4-8(10)11/h6-7H,3-5H2,1-2H3,(H,12,13)/t7-/m0/s1. The number of carboxylic acids is 1. The first-order valence-electron chi connectivity index (χ1n) is 4.54. The van der Waals surface area contributed by atoms with E-state index in [-0.39, 0.29) is 17.9 Å². The van der Waals surface area contributed by atoms with Crippen LogP contribution in [0.2, 0.25) is 0 Å². The molecule has 0 bridgehead atoms. The maximum Gasteiger partial charge on any atom is 0.308 e. The number of hydrogen-bond acceptors (Lipinski definition) is 2. The average Bonchev–Trinajstić information content (AvgIpc) is 2.04. The molecular formula is C9H15NO3. The average molecular weight is 185 g/mol. The van der Waals surface area contributed by atoms with Crippen molar-refractivity contribution in [1.29, 1.82) is 0 Å². The molecule has 1 aliphatic rings. The zero-order valence-corrected chi connectivity index (χ0v) is 7.99. The Morgan fingerprint density at radius 1 is 1.62 bits per heavy atom. The summed E-state index contributed by atoms with van der Waals surface area (Å²) in [7, 11) is 0. The second-order valence-electron chi connectivity index (χ2n) is 3.71. The Hall–Kier alpha value is -1.06. The molecule has 1 heterocycles. The molecule has 13 heavy (non-hydrogen) atoms. The number of amides is 1. The third kappa shape index (κ3) is 2.20. The predicted molar refractivity (Wildman–Crippen MR) is 47.2 cm³/mol. The Morgan fingerprint density at radius 3 is 2.69 bits per heavy atom. The van der Waals surface area contributed by atoms with Crippen molar-refractivity contribution >= 4 is 11.9 Å². The van der Waals surface area contributed by atoms with E-state index in [0.717, 1.165) is 0 Å². The van der Waals surface area contributed by atoms with Crippen LogP contribution < -0.4 is 0 Å². The van der Waals surface area contributed by atoms with Gasteiger partial charge in [-0.1, -0.05) is 0 Å². The van der Waals surface area contributed by atoms with Gasteiger partial charge in [-0.25, -0.2) is 0 Å². The molecule has 1 saturated heterocycles. The topological polar surface area (TPSA) is 57.6 Å². The van der Waals surface area contributed by atoms with E-state index in [1.165, 1.54) is 0 Å². The highest BCUT2D eigenvalue weighted by molar-refractivity contribution is 5.80. The Balaban J connectivity index is 2.63. The van der Waals surface area contributed by atoms with Crippen LogP contribution in [0.25, 0.3) is 0 Å². The van der Waals surface area contributed by atoms with Crippen molar-refractivity contribution in [1.82, 2.24) is 4.90 Å². The van der Waals surface area contributed by atoms with Crippen LogP contribution in [0, 0.1) is 5.92 Å². The van der Waals surface area contributed by atoms with Gasteiger partial charge >= 0.3 is 5.97 Å². The lowest BCUT2D eigenvalue weighted by Gasteiger charge is -2.33. The molecule has 0 radical (unpaired) electrons. The number of likely N-dealkylation sites (tertiary alicyclic amines) is 1. The number of carbonyl (C=O) groups excluding carboxylic acids is 1. The molecule has 1 N–H and O–H groups in total. The van der Waals surface area contributed by atoms with Gasteiger partial charge in [0.1, 0.15) is 0 Å². The first-order valence-corrected chi connectivity index (χ1v) is 4.54. The third-order valence-electron chi connectivity index (χ3n) is 2.42. The van der Waals surface area contributed by atoms with Crippen molar-refractivity contribution < 1.29 is 14.7 Å². The van der Waals surface area contributed by atoms with Crippen molar-refractivity contribution in [3.8, 4) is 0 Å². The van der Waals surface area contributed by atoms with Crippen LogP contribution in [0.3, 0.4) is 0 Å². The molecule has 4 heteroatoms. The summed E-state index contributed by atoms with van der Waals surface area (Å²) in [6, 6.07) is 0.106. The van der Waals surface area contributed by atoms with Gasteiger partial charge in [0, 0.05) is 19.0 Å². The smallest absolute Gasteiger partial charge is 0.308 e. The summed E-state index contributed by atoms with van der Waals surface area (Å²) in [5.41, 5.74) is 0. The van der Waals surface area contributed by atoms with Gasteiger partial charge < -0.3 is 10.0 Å². The van der Waals surface area contributed by atoms with Gasteiger partial charge in [-0.05, 0) is 20.3 Å². The number of aliphatic carboxylic acids is 1. The lowest BCUT2D eigenvalue weighted by Crippen LogP contribution is -2.46. The molecule has 0 aromatic rings. The number of piperidine rings is 1. The third-order valence-corrected chi connectivity index (χ3v) is 2.42. The van der Waals surface area contributed by atoms with Crippen molar-refractivity contribution in [3.05, 3.63) is 0 Å². The fourth-order valence-electron chi connectivity index (χ4n) is 1.57. The van der Waals surface area contributed by atoms with E-state index >= 15 is 0 Å². The fraction of sp³-hybridized carbons (Fsp3) is 0.778. The number of carbonyl (C=O) groups is 2. The number of nitrogens with zero attached hydrogens (tertiary/aromatic N) is 1. The Kier molecular flexibility index (Phi) is 2.90. The fourth-order valence-corrected chi connectivity index (χ4v) is 1.57. The summed E-state index contributed by atoms with van der Waals surface area (Å²) < 4.78 is 0. The molecule has 0 aromatic heterocycles. The van der Waals surface area contributed by atoms with E-state index in [9.17, 15) is 9.59 Å². The van der Waals surface area contributed by atoms with Crippen LogP contribution in [-0.2, 0) is 9.59 Å². The monoisotopic (exact) mass is 185 g/mol. The Labute approximate surface area is 77.5 Å². The molecule has 1 aliphatic heterocycles. The van der Waals surface area contributed by atoms with Gasteiger partial charge in [0.25, 0.3) is 0 Å². The second-order valence-corrected chi connectivity index (χ2v) is 3.71. The Bertz CT molecular complexity index is 225. The quantitative estimate of drug-likeness (QED) is 0.689. The number of hydrogen-bond donors (Lipinski definition) is 1. The van der Waals surface area contributed by atoms with E-state index in [1.807, 2.05) is 13.8 Å². The summed E-state index contributed by atoms with van der Waals surface area (Å²) in [4.78, 5) is 23.7. The van der Waals surface area contributed by atoms with Gasteiger partial charge in [0.2, 0.25) is 5.91 Å². The molecule has 1 fully saturated rings. The largest absolute Gasteiger partial charge is 0.481 e. The number of rotatable bonds is 2. The SMILES string of the molecule is CC(C)N1C[C@@H](C(=O)O)CCC1=O. The first kappa shape index (κ1) is 10.0. The molecule has 0 unspecified atom stereocenters. The van der Waals surface area contributed by atoms with E-state index in [2.05, 4.69) is 0 Å². The van der Waals surface area contributed by atoms with Crippen molar-refractivity contribution in [2.45, 2.75) is 32.7 Å². The summed E-state index contributed by atoms with van der Waals surface area (Å²) in [5.74, 6) is -1.09. The van der Waals surface area contributed by atoms with Gasteiger partial charge in [-0.2, -0.15) is 0 Å². The van der Waals surface area contributed by atoms with Gasteiger partial charge in [0.15, 0.2) is 0 Å². The molecule has 0 saturated carbocycles. The minimum Gasteiger partial charge on any atom is -0.481 e. The summed E-state index contributed by atoms with van der Waals surface area (Å²) in [6.07, 6.45) is 0.854. The van der Waals surface area contributed by atoms with Gasteiger partial charge in [-0.3, -0.25) is 9.59 Å². The summed E-state index contributed by atoms with van der Waals surface area (Å²) in [5, 5.41) is 8.79. The molecule has 1 atom stereocenters. The molecule has 4 nitrogen and oxygen atoms in total. The van der Waals surface area contributed by atoms with Crippen LogP contribution in [-0.4, -0.2) is 34.5 Å². The summed E-state index contributed by atoms with van der Waals surface area (Å²) in [6.45, 7) is 4.18. The maximum absolute atomic E-state index is 11.3. The predicted octanol–water partition coefficient (Wildman–Crippen LogP) is 0.718. The van der Waals surface area contributed by atoms with E-state index in [4.69, 9.17) is 5.11 Å². The minimum atomic E-state index is -0.793. The maximum atomic E-state index is 11.3. The molecule has 1 amide bonds. The highest BCUT2D eigenvalue weighted by Gasteiger charge is 2.30. The van der Waals surface area contributed by atoms with Crippen molar-refractivity contribution in [3.63, 3.8) is 0 Å². The second kappa shape index (κ2) is 3.77. The minimum absolute atomic E-state index is 0.0764. The highest BCUT2D eigenvalue weighted by atomic mass is 16.4. The van der Waals surface area contributed by atoms with Crippen molar-refractivity contribution in [2.75, 3.05) is 6.54 Å². The zero-order valence-electron chi connectivity index (χ0n) is 7.99. The molecule has 1 rings (SSSR count). The molecule has 74 valence electrons. The normalized spacial score (nSPS) is 23.8. The van der Waals surface area contributed by atoms with E-state index < -0.39 is 5.97 Å². The lowest BCUT2D eigenvalue weighted by atomic mass is 9.97. The zero-order chi connectivity index (χ0) is 10.0. The van der Waals surface area contributed by atoms with Crippen LogP contribution >= 0.6 is 0 Å². The van der Waals surface area contributed by atoms with Crippen LogP contribution in [0.4, 0.5) is 0 Å². The van der Waals surface area contributed by atoms with Gasteiger partial charge in [0.05, 0.1) is 5.92 Å². The molecule has 0 aliphatic carbocycles. The highest BCUT2D eigenvalue weighted by Crippen LogP contribution is 2.19. The first-order chi connectivity index (χ1) is 6.02.